The number of rotatable bonds is 26. The standard InChI is InChI=1S/C15H30OS.3C11H14O3.C5H12O4/c1-2-3-4-5-6-7-8-9-10-11-12-13-14-15(16)17;3*1-7-5-9(3-4-10(12)13)6-8(2)11(7)14;6-1-5(2-7,3-8)4-9/h2-14H2,1H3,(H,16,17);3*5-6,14H,3-4H2,1-2H3,(H,12,13);6-9H,1-4H2. The van der Waals surface area contributed by atoms with Gasteiger partial charge >= 0.3 is 17.9 Å². The van der Waals surface area contributed by atoms with E-state index in [1.807, 2.05) is 77.9 Å². The molecule has 0 amide bonds. The van der Waals surface area contributed by atoms with Crippen molar-refractivity contribution in [1.82, 2.24) is 0 Å². The van der Waals surface area contributed by atoms with Crippen LogP contribution in [0, 0.1) is 47.0 Å². The van der Waals surface area contributed by atoms with Gasteiger partial charge in [-0.1, -0.05) is 114 Å². The molecule has 68 heavy (non-hydrogen) atoms. The van der Waals surface area contributed by atoms with Crippen LogP contribution in [0.25, 0.3) is 0 Å². The molecule has 0 saturated heterocycles. The van der Waals surface area contributed by atoms with Crippen molar-refractivity contribution in [3.63, 3.8) is 0 Å². The summed E-state index contributed by atoms with van der Waals surface area (Å²) in [6.07, 6.45) is 18.6. The highest BCUT2D eigenvalue weighted by atomic mass is 32.1. The van der Waals surface area contributed by atoms with Crippen LogP contribution in [-0.2, 0) is 38.4 Å². The number of unbranched alkanes of at least 4 members (excludes halogenated alkanes) is 11. The van der Waals surface area contributed by atoms with E-state index in [-0.39, 0.29) is 24.4 Å². The third-order valence-electron chi connectivity index (χ3n) is 11.1. The molecule has 3 rings (SSSR count). The lowest BCUT2D eigenvalue weighted by atomic mass is 9.93. The van der Waals surface area contributed by atoms with E-state index in [9.17, 15) is 34.5 Å². The summed E-state index contributed by atoms with van der Waals surface area (Å²) in [5.41, 5.74) is 6.54. The summed E-state index contributed by atoms with van der Waals surface area (Å²) in [4.78, 5) is 41.7. The van der Waals surface area contributed by atoms with Crippen molar-refractivity contribution in [1.29, 1.82) is 0 Å². The lowest BCUT2D eigenvalue weighted by Gasteiger charge is -2.23. The SMILES string of the molecule is CCCCCCCCCCCCCCC(=O)S.Cc1cc(CCC(=O)O)cc(C)c1O.Cc1cc(CCC(=O)O)cc(C)c1O.Cc1cc(CCC(=O)O)cc(C)c1O.OCC(CO)(CO)CO. The Labute approximate surface area is 410 Å². The number of thiol groups is 1. The number of carboxylic acid groups (broad SMARTS) is 3. The fraction of sp³-hybridized carbons (Fsp3) is 0.585. The first-order valence-electron chi connectivity index (χ1n) is 23.7. The number of aliphatic hydroxyl groups excluding tert-OH is 4. The minimum absolute atomic E-state index is 0.0390. The highest BCUT2D eigenvalue weighted by molar-refractivity contribution is 7.96. The van der Waals surface area contributed by atoms with Crippen LogP contribution in [0.2, 0.25) is 0 Å². The average molecular weight is 977 g/mol. The summed E-state index contributed by atoms with van der Waals surface area (Å²) in [7, 11) is 0. The van der Waals surface area contributed by atoms with Gasteiger partial charge in [-0.3, -0.25) is 19.2 Å². The van der Waals surface area contributed by atoms with E-state index in [1.54, 1.807) is 0 Å². The number of aliphatic carboxylic acids is 3. The number of aryl methyl sites for hydroxylation is 9. The molecule has 0 radical (unpaired) electrons. The number of phenolic OH excluding ortho intramolecular Hbond substituents is 3. The van der Waals surface area contributed by atoms with Crippen molar-refractivity contribution in [3.8, 4) is 17.2 Å². The zero-order chi connectivity index (χ0) is 52.2. The second-order valence-electron chi connectivity index (χ2n) is 17.6. The molecule has 15 heteroatoms. The number of carbonyl (C=O) groups is 4. The van der Waals surface area contributed by atoms with Gasteiger partial charge in [0.1, 0.15) is 17.2 Å². The molecule has 0 aliphatic carbocycles. The van der Waals surface area contributed by atoms with Crippen molar-refractivity contribution in [2.75, 3.05) is 26.4 Å². The van der Waals surface area contributed by atoms with Gasteiger partial charge in [-0.25, -0.2) is 0 Å². The summed E-state index contributed by atoms with van der Waals surface area (Å²) in [5.74, 6) is -1.51. The number of carbonyl (C=O) groups excluding carboxylic acids is 1. The van der Waals surface area contributed by atoms with Crippen LogP contribution < -0.4 is 0 Å². The van der Waals surface area contributed by atoms with Gasteiger partial charge in [0.05, 0.1) is 31.8 Å². The lowest BCUT2D eigenvalue weighted by molar-refractivity contribution is -0.138. The number of aliphatic hydroxyl groups is 4. The fourth-order valence-electron chi connectivity index (χ4n) is 6.74. The molecular weight excluding hydrogens is 893 g/mol. The van der Waals surface area contributed by atoms with E-state index in [2.05, 4.69) is 19.6 Å². The molecular formula is C53H84O14S. The minimum atomic E-state index is -1.11. The maximum atomic E-state index is 10.6. The molecule has 14 nitrogen and oxygen atoms in total. The smallest absolute Gasteiger partial charge is 0.303 e. The maximum absolute atomic E-state index is 10.6. The Morgan fingerprint density at radius 1 is 0.412 bits per heavy atom. The average Bonchev–Trinajstić information content (AvgIpc) is 3.29. The van der Waals surface area contributed by atoms with Crippen LogP contribution in [0.5, 0.6) is 17.2 Å². The Kier molecular flexibility index (Phi) is 36.8. The molecule has 0 heterocycles. The van der Waals surface area contributed by atoms with Crippen molar-refractivity contribution < 1.29 is 70.2 Å². The van der Waals surface area contributed by atoms with E-state index in [0.717, 1.165) is 56.5 Å². The second kappa shape index (κ2) is 38.2. The number of hydrogen-bond acceptors (Lipinski definition) is 11. The maximum Gasteiger partial charge on any atom is 0.303 e. The molecule has 10 N–H and O–H groups in total. The van der Waals surface area contributed by atoms with E-state index in [0.29, 0.717) is 42.9 Å². The molecule has 0 unspecified atom stereocenters. The minimum Gasteiger partial charge on any atom is -0.507 e. The third kappa shape index (κ3) is 31.4. The number of aromatic hydroxyl groups is 3. The number of hydrogen-bond donors (Lipinski definition) is 11. The van der Waals surface area contributed by atoms with Gasteiger partial charge in [-0.2, -0.15) is 0 Å². The highest BCUT2D eigenvalue weighted by Gasteiger charge is 2.26. The first-order chi connectivity index (χ1) is 32.0. The molecule has 0 fully saturated rings. The first-order valence-corrected chi connectivity index (χ1v) is 24.2. The molecule has 3 aromatic carbocycles. The number of benzene rings is 3. The van der Waals surface area contributed by atoms with E-state index in [4.69, 9.17) is 35.7 Å². The summed E-state index contributed by atoms with van der Waals surface area (Å²) in [6, 6.07) is 10.9. The van der Waals surface area contributed by atoms with Gasteiger partial charge in [0.2, 0.25) is 0 Å². The summed E-state index contributed by atoms with van der Waals surface area (Å²) in [5, 5.41) is 88.1. The number of phenols is 3. The quantitative estimate of drug-likeness (QED) is 0.0264. The van der Waals surface area contributed by atoms with Gasteiger partial charge in [-0.15, -0.1) is 12.6 Å². The van der Waals surface area contributed by atoms with Crippen LogP contribution in [-0.4, -0.2) is 101 Å². The topological polar surface area (TPSA) is 271 Å². The molecule has 0 spiro atoms. The van der Waals surface area contributed by atoms with Crippen LogP contribution in [0.1, 0.15) is 160 Å². The lowest BCUT2D eigenvalue weighted by Crippen LogP contribution is -2.37. The molecule has 0 aromatic heterocycles. The zero-order valence-electron chi connectivity index (χ0n) is 41.8. The molecule has 0 bridgehead atoms. The van der Waals surface area contributed by atoms with Crippen LogP contribution in [0.4, 0.5) is 0 Å². The monoisotopic (exact) mass is 977 g/mol. The van der Waals surface area contributed by atoms with E-state index >= 15 is 0 Å². The van der Waals surface area contributed by atoms with E-state index < -0.39 is 49.8 Å². The van der Waals surface area contributed by atoms with Gasteiger partial charge in [0, 0.05) is 25.7 Å². The van der Waals surface area contributed by atoms with Crippen LogP contribution in [0.15, 0.2) is 36.4 Å². The predicted molar refractivity (Wildman–Crippen MR) is 271 cm³/mol. The Balaban J connectivity index is 0. The van der Waals surface area contributed by atoms with Gasteiger partial charge < -0.3 is 51.1 Å². The molecule has 0 saturated carbocycles. The zero-order valence-corrected chi connectivity index (χ0v) is 42.7. The van der Waals surface area contributed by atoms with Gasteiger partial charge in [0.25, 0.3) is 0 Å². The molecule has 0 aliphatic rings. The second-order valence-corrected chi connectivity index (χ2v) is 18.1. The number of carboxylic acids is 3. The first kappa shape index (κ1) is 65.4. The van der Waals surface area contributed by atoms with Gasteiger partial charge in [-0.05, 0) is 117 Å². The van der Waals surface area contributed by atoms with Crippen molar-refractivity contribution in [3.05, 3.63) is 86.5 Å². The van der Waals surface area contributed by atoms with E-state index in [1.165, 1.54) is 70.6 Å². The normalized spacial score (nSPS) is 10.5. The van der Waals surface area contributed by atoms with Gasteiger partial charge in [0.15, 0.2) is 5.12 Å². The Morgan fingerprint density at radius 2 is 0.632 bits per heavy atom. The third-order valence-corrected chi connectivity index (χ3v) is 11.3. The molecule has 0 atom stereocenters. The van der Waals surface area contributed by atoms with Crippen molar-refractivity contribution in [2.45, 2.75) is 170 Å². The van der Waals surface area contributed by atoms with Crippen molar-refractivity contribution >= 4 is 35.7 Å². The Hall–Kier alpha value is -4.67. The summed E-state index contributed by atoms with van der Waals surface area (Å²) in [6.45, 7) is 11.5. The molecule has 386 valence electrons. The molecule has 0 aliphatic heterocycles. The Morgan fingerprint density at radius 3 is 0.809 bits per heavy atom. The summed E-state index contributed by atoms with van der Waals surface area (Å²) >= 11 is 3.77. The molecule has 3 aromatic rings. The van der Waals surface area contributed by atoms with Crippen molar-refractivity contribution in [2.24, 2.45) is 5.41 Å². The largest absolute Gasteiger partial charge is 0.507 e. The predicted octanol–water partition coefficient (Wildman–Crippen LogP) is 9.55. The Bertz CT molecular complexity index is 1650. The van der Waals surface area contributed by atoms with Crippen LogP contribution >= 0.6 is 12.6 Å². The van der Waals surface area contributed by atoms with Crippen LogP contribution in [0.3, 0.4) is 0 Å². The summed E-state index contributed by atoms with van der Waals surface area (Å²) < 4.78 is 0. The fourth-order valence-corrected chi connectivity index (χ4v) is 6.90. The highest BCUT2D eigenvalue weighted by Crippen LogP contribution is 2.25.